The van der Waals surface area contributed by atoms with Gasteiger partial charge in [0.1, 0.15) is 5.75 Å². The van der Waals surface area contributed by atoms with Gasteiger partial charge in [0.15, 0.2) is 0 Å². The van der Waals surface area contributed by atoms with Gasteiger partial charge >= 0.3 is 0 Å². The molecule has 1 rings (SSSR count). The molecule has 0 radical (unpaired) electrons. The Bertz CT molecular complexity index is 313. The second-order valence-corrected chi connectivity index (χ2v) is 3.58. The number of hydrogen-bond donors (Lipinski definition) is 0. The van der Waals surface area contributed by atoms with E-state index in [1.165, 1.54) is 11.1 Å². The molecule has 0 aliphatic rings. The average Bonchev–Trinajstić information content (AvgIpc) is 2.17. The van der Waals surface area contributed by atoms with E-state index in [4.69, 9.17) is 4.74 Å². The Morgan fingerprint density at radius 1 is 1.43 bits per heavy atom. The van der Waals surface area contributed by atoms with Crippen molar-refractivity contribution in [3.63, 3.8) is 0 Å². The predicted octanol–water partition coefficient (Wildman–Crippen LogP) is 3.85. The van der Waals surface area contributed by atoms with Crippen LogP contribution in [0.1, 0.15) is 37.8 Å². The summed E-state index contributed by atoms with van der Waals surface area (Å²) in [7, 11) is 0. The fourth-order valence-corrected chi connectivity index (χ4v) is 1.51. The van der Waals surface area contributed by atoms with Gasteiger partial charge in [-0.3, -0.25) is 0 Å². The molecular weight excluding hydrogens is 172 g/mol. The number of ether oxygens (including phenoxy) is 1. The highest BCUT2D eigenvalue weighted by Crippen LogP contribution is 2.24. The highest BCUT2D eigenvalue weighted by molar-refractivity contribution is 5.55. The van der Waals surface area contributed by atoms with Gasteiger partial charge in [0.2, 0.25) is 0 Å². The molecule has 0 heterocycles. The van der Waals surface area contributed by atoms with Crippen LogP contribution in [-0.4, -0.2) is 6.61 Å². The van der Waals surface area contributed by atoms with Crippen molar-refractivity contribution in [1.82, 2.24) is 0 Å². The first-order valence-electron chi connectivity index (χ1n) is 5.08. The second kappa shape index (κ2) is 4.85. The third kappa shape index (κ3) is 2.38. The van der Waals surface area contributed by atoms with Gasteiger partial charge in [-0.05, 0) is 36.1 Å². The minimum absolute atomic E-state index is 0.527. The van der Waals surface area contributed by atoms with Crippen LogP contribution in [0.5, 0.6) is 5.75 Å². The fraction of sp³-hybridized carbons (Fsp3) is 0.385. The van der Waals surface area contributed by atoms with E-state index < -0.39 is 0 Å². The van der Waals surface area contributed by atoms with Crippen LogP contribution >= 0.6 is 0 Å². The molecule has 0 unspecified atom stereocenters. The van der Waals surface area contributed by atoms with Gasteiger partial charge in [0.25, 0.3) is 0 Å². The molecule has 0 aliphatic carbocycles. The van der Waals surface area contributed by atoms with Crippen molar-refractivity contribution in [1.29, 1.82) is 0 Å². The smallest absolute Gasteiger partial charge is 0.119 e. The van der Waals surface area contributed by atoms with Crippen molar-refractivity contribution in [2.24, 2.45) is 0 Å². The third-order valence-corrected chi connectivity index (χ3v) is 2.21. The Labute approximate surface area is 86.4 Å². The summed E-state index contributed by atoms with van der Waals surface area (Å²) in [5.41, 5.74) is 2.49. The van der Waals surface area contributed by atoms with Crippen LogP contribution in [0, 0.1) is 0 Å². The molecule has 1 heteroatoms. The van der Waals surface area contributed by atoms with Gasteiger partial charge in [0.05, 0.1) is 6.61 Å². The summed E-state index contributed by atoms with van der Waals surface area (Å²) in [4.78, 5) is 0. The number of hydrogen-bond acceptors (Lipinski definition) is 1. The zero-order valence-electron chi connectivity index (χ0n) is 9.21. The molecule has 1 aromatic carbocycles. The Kier molecular flexibility index (Phi) is 3.75. The summed E-state index contributed by atoms with van der Waals surface area (Å²) in [6, 6.07) is 6.18. The molecule has 0 amide bonds. The molecule has 0 saturated heterocycles. The standard InChI is InChI=1S/C13H18O/c1-5-11-9-12(14-6-2)7-8-13(11)10(3)4/h5,7-10H,1,6H2,2-4H3. The summed E-state index contributed by atoms with van der Waals surface area (Å²) in [5.74, 6) is 1.45. The Hall–Kier alpha value is -1.24. The Morgan fingerprint density at radius 3 is 2.64 bits per heavy atom. The van der Waals surface area contributed by atoms with E-state index in [2.05, 4.69) is 26.5 Å². The molecule has 0 atom stereocenters. The second-order valence-electron chi connectivity index (χ2n) is 3.58. The van der Waals surface area contributed by atoms with E-state index in [1.807, 2.05) is 25.1 Å². The summed E-state index contributed by atoms with van der Waals surface area (Å²) in [5, 5.41) is 0. The topological polar surface area (TPSA) is 9.23 Å². The van der Waals surface area contributed by atoms with Crippen LogP contribution in [0.25, 0.3) is 6.08 Å². The lowest BCUT2D eigenvalue weighted by Crippen LogP contribution is -1.95. The highest BCUT2D eigenvalue weighted by atomic mass is 16.5. The molecular formula is C13H18O. The van der Waals surface area contributed by atoms with Crippen LogP contribution in [0.3, 0.4) is 0 Å². The molecule has 1 aromatic rings. The van der Waals surface area contributed by atoms with Crippen molar-refractivity contribution in [2.45, 2.75) is 26.7 Å². The molecule has 0 bridgehead atoms. The molecule has 0 aromatic heterocycles. The van der Waals surface area contributed by atoms with Gasteiger partial charge in [-0.1, -0.05) is 32.6 Å². The molecule has 0 N–H and O–H groups in total. The lowest BCUT2D eigenvalue weighted by Gasteiger charge is -2.11. The first-order chi connectivity index (χ1) is 6.69. The summed E-state index contributed by atoms with van der Waals surface area (Å²) in [6.07, 6.45) is 1.89. The van der Waals surface area contributed by atoms with Crippen molar-refractivity contribution in [2.75, 3.05) is 6.61 Å². The van der Waals surface area contributed by atoms with E-state index in [-0.39, 0.29) is 0 Å². The first kappa shape index (κ1) is 10.8. The first-order valence-corrected chi connectivity index (χ1v) is 5.08. The lowest BCUT2D eigenvalue weighted by molar-refractivity contribution is 0.340. The van der Waals surface area contributed by atoms with Gasteiger partial charge in [0, 0.05) is 0 Å². The van der Waals surface area contributed by atoms with Crippen molar-refractivity contribution in [3.05, 3.63) is 35.9 Å². The fourth-order valence-electron chi connectivity index (χ4n) is 1.51. The van der Waals surface area contributed by atoms with Crippen molar-refractivity contribution in [3.8, 4) is 5.75 Å². The highest BCUT2D eigenvalue weighted by Gasteiger charge is 2.05. The van der Waals surface area contributed by atoms with Gasteiger partial charge < -0.3 is 4.74 Å². The quantitative estimate of drug-likeness (QED) is 0.700. The molecule has 0 aliphatic heterocycles. The van der Waals surface area contributed by atoms with Crippen LogP contribution in [-0.2, 0) is 0 Å². The van der Waals surface area contributed by atoms with Crippen molar-refractivity contribution >= 4 is 6.08 Å². The van der Waals surface area contributed by atoms with E-state index in [1.54, 1.807) is 0 Å². The number of benzene rings is 1. The minimum atomic E-state index is 0.527. The van der Waals surface area contributed by atoms with E-state index in [0.717, 1.165) is 5.75 Å². The van der Waals surface area contributed by atoms with Crippen LogP contribution in [0.15, 0.2) is 24.8 Å². The van der Waals surface area contributed by atoms with E-state index in [0.29, 0.717) is 12.5 Å². The molecule has 0 spiro atoms. The normalized spacial score (nSPS) is 10.3. The zero-order valence-corrected chi connectivity index (χ0v) is 9.21. The summed E-state index contributed by atoms with van der Waals surface area (Å²) >= 11 is 0. The molecule has 0 saturated carbocycles. The molecule has 76 valence electrons. The maximum atomic E-state index is 5.44. The number of rotatable bonds is 4. The SMILES string of the molecule is C=Cc1cc(OCC)ccc1C(C)C. The molecule has 14 heavy (non-hydrogen) atoms. The van der Waals surface area contributed by atoms with Gasteiger partial charge in [-0.2, -0.15) is 0 Å². The van der Waals surface area contributed by atoms with Gasteiger partial charge in [-0.25, -0.2) is 0 Å². The Balaban J connectivity index is 3.05. The molecule has 0 fully saturated rings. The molecule has 1 nitrogen and oxygen atoms in total. The Morgan fingerprint density at radius 2 is 2.14 bits per heavy atom. The van der Waals surface area contributed by atoms with Crippen LogP contribution < -0.4 is 4.74 Å². The minimum Gasteiger partial charge on any atom is -0.494 e. The summed E-state index contributed by atoms with van der Waals surface area (Å²) < 4.78 is 5.44. The van der Waals surface area contributed by atoms with E-state index >= 15 is 0 Å². The maximum absolute atomic E-state index is 5.44. The van der Waals surface area contributed by atoms with Crippen molar-refractivity contribution < 1.29 is 4.74 Å². The summed E-state index contributed by atoms with van der Waals surface area (Å²) in [6.45, 7) is 10.9. The average molecular weight is 190 g/mol. The third-order valence-electron chi connectivity index (χ3n) is 2.21. The lowest BCUT2D eigenvalue weighted by atomic mass is 9.97. The predicted molar refractivity (Wildman–Crippen MR) is 61.8 cm³/mol. The van der Waals surface area contributed by atoms with Gasteiger partial charge in [-0.15, -0.1) is 0 Å². The largest absolute Gasteiger partial charge is 0.494 e. The maximum Gasteiger partial charge on any atom is 0.119 e. The monoisotopic (exact) mass is 190 g/mol. The van der Waals surface area contributed by atoms with Crippen LogP contribution in [0.4, 0.5) is 0 Å². The van der Waals surface area contributed by atoms with E-state index in [9.17, 15) is 0 Å². The van der Waals surface area contributed by atoms with Crippen LogP contribution in [0.2, 0.25) is 0 Å². The zero-order chi connectivity index (χ0) is 10.6.